The number of carbonyl (C=O) groups excluding carboxylic acids is 1. The third-order valence-electron chi connectivity index (χ3n) is 5.68. The highest BCUT2D eigenvalue weighted by Crippen LogP contribution is 2.36. The molecule has 4 aromatic carbocycles. The van der Waals surface area contributed by atoms with Gasteiger partial charge >= 0.3 is 0 Å². The maximum Gasteiger partial charge on any atom is 0.211 e. The van der Waals surface area contributed by atoms with E-state index in [0.29, 0.717) is 23.5 Å². The second kappa shape index (κ2) is 9.05. The molecule has 1 aromatic heterocycles. The van der Waals surface area contributed by atoms with Crippen LogP contribution in [0.25, 0.3) is 10.9 Å². The Morgan fingerprint density at radius 2 is 1.36 bits per heavy atom. The summed E-state index contributed by atoms with van der Waals surface area (Å²) in [5, 5.41) is 10.0. The minimum Gasteiger partial charge on any atom is -0.331 e. The fourth-order valence-corrected chi connectivity index (χ4v) is 3.99. The predicted octanol–water partition coefficient (Wildman–Crippen LogP) is 7.64. The van der Waals surface area contributed by atoms with Crippen molar-refractivity contribution >= 4 is 28.1 Å². The van der Waals surface area contributed by atoms with E-state index in [0.717, 1.165) is 27.7 Å². The van der Waals surface area contributed by atoms with Gasteiger partial charge in [-0.05, 0) is 30.7 Å². The van der Waals surface area contributed by atoms with Gasteiger partial charge in [0.05, 0.1) is 11.2 Å². The zero-order valence-corrected chi connectivity index (χ0v) is 18.3. The van der Waals surface area contributed by atoms with E-state index in [-0.39, 0.29) is 5.78 Å². The molecule has 0 unspecified atom stereocenters. The first-order chi connectivity index (χ1) is 16.2. The predicted molar refractivity (Wildman–Crippen MR) is 133 cm³/mol. The number of hydrogen-bond donors (Lipinski definition) is 0. The Balaban J connectivity index is 1.72. The molecule has 0 amide bonds. The van der Waals surface area contributed by atoms with Gasteiger partial charge in [0.15, 0.2) is 0 Å². The van der Waals surface area contributed by atoms with Gasteiger partial charge in [-0.1, -0.05) is 96.6 Å². The molecule has 0 fully saturated rings. The van der Waals surface area contributed by atoms with Crippen molar-refractivity contribution in [3.05, 3.63) is 132 Å². The van der Waals surface area contributed by atoms with Gasteiger partial charge in [-0.3, -0.25) is 4.79 Å². The van der Waals surface area contributed by atoms with Crippen molar-refractivity contribution in [3.8, 4) is 0 Å². The minimum atomic E-state index is -0.0689. The molecule has 0 saturated heterocycles. The van der Waals surface area contributed by atoms with Crippen molar-refractivity contribution in [1.82, 2.24) is 4.57 Å². The molecule has 4 nitrogen and oxygen atoms in total. The van der Waals surface area contributed by atoms with Crippen molar-refractivity contribution in [2.75, 3.05) is 0 Å². The molecule has 0 N–H and O–H groups in total. The molecule has 0 bridgehead atoms. The smallest absolute Gasteiger partial charge is 0.211 e. The maximum absolute atomic E-state index is 13.8. The van der Waals surface area contributed by atoms with Gasteiger partial charge in [0, 0.05) is 17.5 Å². The molecule has 0 aliphatic heterocycles. The topological polar surface area (TPSA) is 46.7 Å². The van der Waals surface area contributed by atoms with E-state index in [9.17, 15) is 4.79 Å². The first-order valence-electron chi connectivity index (χ1n) is 10.9. The lowest BCUT2D eigenvalue weighted by Crippen LogP contribution is -2.11. The van der Waals surface area contributed by atoms with Crippen molar-refractivity contribution in [2.24, 2.45) is 10.2 Å². The van der Waals surface area contributed by atoms with Crippen LogP contribution in [0.5, 0.6) is 0 Å². The van der Waals surface area contributed by atoms with Crippen LogP contribution >= 0.6 is 0 Å². The standard InChI is InChI=1S/C29H23N3O/c1-21-16-18-24(19-17-21)30-31-27-25-14-8-9-15-26(25)32(20-22-10-4-2-5-11-22)28(27)29(33)23-12-6-3-7-13-23/h2-19H,20H2,1H3. The fourth-order valence-electron chi connectivity index (χ4n) is 3.99. The number of aromatic nitrogens is 1. The van der Waals surface area contributed by atoms with Crippen LogP contribution in [-0.4, -0.2) is 10.4 Å². The summed E-state index contributed by atoms with van der Waals surface area (Å²) in [6, 6.07) is 35.4. The number of benzene rings is 4. The van der Waals surface area contributed by atoms with Crippen LogP contribution in [0, 0.1) is 6.92 Å². The molecular weight excluding hydrogens is 406 g/mol. The summed E-state index contributed by atoms with van der Waals surface area (Å²) in [6.07, 6.45) is 0. The third kappa shape index (κ3) is 4.23. The lowest BCUT2D eigenvalue weighted by atomic mass is 10.1. The fraction of sp³-hybridized carbons (Fsp3) is 0.0690. The average molecular weight is 430 g/mol. The van der Waals surface area contributed by atoms with Crippen LogP contribution < -0.4 is 0 Å². The lowest BCUT2D eigenvalue weighted by Gasteiger charge is -2.11. The minimum absolute atomic E-state index is 0.0689. The molecule has 0 aliphatic carbocycles. The van der Waals surface area contributed by atoms with E-state index >= 15 is 0 Å². The number of hydrogen-bond acceptors (Lipinski definition) is 3. The number of para-hydroxylation sites is 1. The van der Waals surface area contributed by atoms with Gasteiger partial charge in [0.25, 0.3) is 0 Å². The van der Waals surface area contributed by atoms with Gasteiger partial charge in [-0.15, -0.1) is 5.11 Å². The molecule has 0 spiro atoms. The summed E-state index contributed by atoms with van der Waals surface area (Å²) in [4.78, 5) is 13.8. The summed E-state index contributed by atoms with van der Waals surface area (Å²) in [5.41, 5.74) is 5.74. The highest BCUT2D eigenvalue weighted by Gasteiger charge is 2.24. The first kappa shape index (κ1) is 20.6. The van der Waals surface area contributed by atoms with E-state index in [1.807, 2.05) is 104 Å². The number of carbonyl (C=O) groups is 1. The van der Waals surface area contributed by atoms with E-state index in [1.165, 1.54) is 0 Å². The lowest BCUT2D eigenvalue weighted by molar-refractivity contribution is 0.103. The van der Waals surface area contributed by atoms with Crippen LogP contribution in [0.1, 0.15) is 27.2 Å². The Bertz CT molecular complexity index is 1430. The molecule has 4 heteroatoms. The number of rotatable bonds is 6. The highest BCUT2D eigenvalue weighted by atomic mass is 16.1. The monoisotopic (exact) mass is 429 g/mol. The summed E-state index contributed by atoms with van der Waals surface area (Å²) in [5.74, 6) is -0.0689. The zero-order valence-electron chi connectivity index (χ0n) is 18.3. The Hall–Kier alpha value is -4.31. The molecule has 0 saturated carbocycles. The Morgan fingerprint density at radius 1 is 0.727 bits per heavy atom. The molecule has 0 aliphatic rings. The van der Waals surface area contributed by atoms with Crippen LogP contribution in [0.3, 0.4) is 0 Å². The summed E-state index contributed by atoms with van der Waals surface area (Å²) in [7, 11) is 0. The second-order valence-electron chi connectivity index (χ2n) is 8.02. The van der Waals surface area contributed by atoms with Gasteiger partial charge in [-0.25, -0.2) is 0 Å². The molecule has 33 heavy (non-hydrogen) atoms. The van der Waals surface area contributed by atoms with E-state index in [1.54, 1.807) is 0 Å². The quantitative estimate of drug-likeness (QED) is 0.202. The Labute approximate surface area is 192 Å². The SMILES string of the molecule is Cc1ccc(N=Nc2c(C(=O)c3ccccc3)n(Cc3ccccc3)c3ccccc23)cc1. The van der Waals surface area contributed by atoms with Crippen LogP contribution in [0.2, 0.25) is 0 Å². The summed E-state index contributed by atoms with van der Waals surface area (Å²) < 4.78 is 2.06. The van der Waals surface area contributed by atoms with E-state index < -0.39 is 0 Å². The van der Waals surface area contributed by atoms with Crippen molar-refractivity contribution < 1.29 is 4.79 Å². The molecule has 5 aromatic rings. The van der Waals surface area contributed by atoms with Crippen molar-refractivity contribution in [1.29, 1.82) is 0 Å². The van der Waals surface area contributed by atoms with E-state index in [4.69, 9.17) is 0 Å². The highest BCUT2D eigenvalue weighted by molar-refractivity contribution is 6.16. The average Bonchev–Trinajstić information content (AvgIpc) is 3.17. The second-order valence-corrected chi connectivity index (χ2v) is 8.02. The van der Waals surface area contributed by atoms with Gasteiger partial charge in [0.1, 0.15) is 11.4 Å². The van der Waals surface area contributed by atoms with Gasteiger partial charge in [0.2, 0.25) is 5.78 Å². The Kier molecular flexibility index (Phi) is 5.64. The summed E-state index contributed by atoms with van der Waals surface area (Å²) >= 11 is 0. The largest absolute Gasteiger partial charge is 0.331 e. The molecule has 160 valence electrons. The third-order valence-corrected chi connectivity index (χ3v) is 5.68. The first-order valence-corrected chi connectivity index (χ1v) is 10.9. The molecule has 5 rings (SSSR count). The van der Waals surface area contributed by atoms with Gasteiger partial charge < -0.3 is 4.57 Å². The molecule has 1 heterocycles. The molecule has 0 atom stereocenters. The maximum atomic E-state index is 13.8. The Morgan fingerprint density at radius 3 is 2.09 bits per heavy atom. The molecular formula is C29H23N3O. The van der Waals surface area contributed by atoms with Crippen LogP contribution in [0.15, 0.2) is 119 Å². The number of azo groups is 1. The number of ketones is 1. The van der Waals surface area contributed by atoms with Crippen LogP contribution in [-0.2, 0) is 6.54 Å². The van der Waals surface area contributed by atoms with Crippen molar-refractivity contribution in [2.45, 2.75) is 13.5 Å². The molecule has 0 radical (unpaired) electrons. The van der Waals surface area contributed by atoms with Crippen LogP contribution in [0.4, 0.5) is 11.4 Å². The number of aryl methyl sites for hydroxylation is 1. The zero-order chi connectivity index (χ0) is 22.6. The van der Waals surface area contributed by atoms with Gasteiger partial charge in [-0.2, -0.15) is 5.11 Å². The normalized spacial score (nSPS) is 11.3. The number of nitrogens with zero attached hydrogens (tertiary/aromatic N) is 3. The number of fused-ring (bicyclic) bond motifs is 1. The van der Waals surface area contributed by atoms with E-state index in [2.05, 4.69) is 26.9 Å². The summed E-state index contributed by atoms with van der Waals surface area (Å²) in [6.45, 7) is 2.60. The van der Waals surface area contributed by atoms with Crippen molar-refractivity contribution in [3.63, 3.8) is 0 Å².